The zero-order valence-corrected chi connectivity index (χ0v) is 16.9. The van der Waals surface area contributed by atoms with E-state index in [1.807, 2.05) is 0 Å². The van der Waals surface area contributed by atoms with Crippen LogP contribution in [0.25, 0.3) is 6.08 Å². The van der Waals surface area contributed by atoms with Crippen LogP contribution >= 0.6 is 11.8 Å². The van der Waals surface area contributed by atoms with E-state index in [9.17, 15) is 14.4 Å². The molecule has 0 radical (unpaired) electrons. The van der Waals surface area contributed by atoms with Crippen LogP contribution in [0.5, 0.6) is 17.2 Å². The number of hydrogen-bond acceptors (Lipinski definition) is 7. The van der Waals surface area contributed by atoms with Gasteiger partial charge >= 0.3 is 0 Å². The van der Waals surface area contributed by atoms with E-state index in [0.717, 1.165) is 17.3 Å². The molecule has 0 aliphatic carbocycles. The number of rotatable bonds is 6. The van der Waals surface area contributed by atoms with Gasteiger partial charge in [0.2, 0.25) is 0 Å². The molecule has 4 rings (SSSR count). The lowest BCUT2D eigenvalue weighted by Gasteiger charge is -2.28. The summed E-state index contributed by atoms with van der Waals surface area (Å²) in [5, 5.41) is 1.85. The molecular weight excluding hydrogens is 408 g/mol. The molecule has 0 aromatic heterocycles. The Morgan fingerprint density at radius 1 is 1.13 bits per heavy atom. The topological polar surface area (TPSA) is 94.2 Å². The lowest BCUT2D eigenvalue weighted by Crippen LogP contribution is -2.40. The summed E-state index contributed by atoms with van der Waals surface area (Å²) in [6, 6.07) is 12.2. The molecule has 0 unspecified atom stereocenters. The van der Waals surface area contributed by atoms with Gasteiger partial charge in [0.15, 0.2) is 6.73 Å². The molecule has 154 valence electrons. The van der Waals surface area contributed by atoms with Gasteiger partial charge in [-0.1, -0.05) is 12.1 Å². The Kier molecular flexibility index (Phi) is 5.62. The summed E-state index contributed by atoms with van der Waals surface area (Å²) in [5.74, 6) is 1.27. The second-order valence-electron chi connectivity index (χ2n) is 6.47. The average molecular weight is 426 g/mol. The number of carbonyl (C=O) groups excluding carboxylic acids is 3. The summed E-state index contributed by atoms with van der Waals surface area (Å²) in [6.45, 7) is 0.816. The Labute approximate surface area is 176 Å². The van der Waals surface area contributed by atoms with Gasteiger partial charge in [-0.2, -0.15) is 0 Å². The molecule has 2 aliphatic heterocycles. The van der Waals surface area contributed by atoms with Gasteiger partial charge < -0.3 is 19.1 Å². The van der Waals surface area contributed by atoms with Crippen molar-refractivity contribution in [3.63, 3.8) is 0 Å². The van der Waals surface area contributed by atoms with E-state index >= 15 is 0 Å². The van der Waals surface area contributed by atoms with Crippen LogP contribution < -0.4 is 19.5 Å². The molecule has 8 nitrogen and oxygen atoms in total. The van der Waals surface area contributed by atoms with Crippen molar-refractivity contribution in [2.24, 2.45) is 0 Å². The molecule has 0 saturated carbocycles. The van der Waals surface area contributed by atoms with Crippen LogP contribution in [-0.4, -0.2) is 48.9 Å². The maximum atomic E-state index is 12.6. The Hall–Kier alpha value is -3.46. The van der Waals surface area contributed by atoms with Crippen molar-refractivity contribution in [2.45, 2.75) is 0 Å². The molecule has 1 N–H and O–H groups in total. The van der Waals surface area contributed by atoms with Crippen molar-refractivity contribution in [3.05, 3.63) is 58.5 Å². The van der Waals surface area contributed by atoms with Crippen LogP contribution in [-0.2, 0) is 4.79 Å². The Morgan fingerprint density at radius 3 is 2.60 bits per heavy atom. The number of methoxy groups -OCH3 is 1. The highest BCUT2D eigenvalue weighted by Crippen LogP contribution is 2.29. The molecule has 2 aliphatic rings. The van der Waals surface area contributed by atoms with E-state index in [0.29, 0.717) is 40.9 Å². The van der Waals surface area contributed by atoms with Crippen molar-refractivity contribution >= 4 is 34.9 Å². The summed E-state index contributed by atoms with van der Waals surface area (Å²) < 4.78 is 16.5. The minimum atomic E-state index is -0.390. The lowest BCUT2D eigenvalue weighted by molar-refractivity contribution is -0.115. The van der Waals surface area contributed by atoms with E-state index in [1.165, 1.54) is 0 Å². The van der Waals surface area contributed by atoms with Crippen LogP contribution in [0, 0.1) is 0 Å². The molecule has 0 spiro atoms. The van der Waals surface area contributed by atoms with E-state index < -0.39 is 5.91 Å². The zero-order chi connectivity index (χ0) is 21.1. The molecule has 2 heterocycles. The van der Waals surface area contributed by atoms with E-state index in [2.05, 4.69) is 5.32 Å². The number of benzene rings is 2. The molecule has 0 bridgehead atoms. The number of nitrogens with one attached hydrogen (secondary N) is 1. The number of thioether (sulfide) groups is 1. The number of fused-ring (bicyclic) bond motifs is 1. The van der Waals surface area contributed by atoms with Crippen molar-refractivity contribution in [2.75, 3.05) is 27.0 Å². The normalized spacial score (nSPS) is 16.9. The van der Waals surface area contributed by atoms with Crippen LogP contribution in [0.3, 0.4) is 0 Å². The lowest BCUT2D eigenvalue weighted by atomic mass is 10.1. The Balaban J connectivity index is 1.31. The minimum Gasteiger partial charge on any atom is -0.497 e. The molecule has 9 heteroatoms. The van der Waals surface area contributed by atoms with E-state index in [-0.39, 0.29) is 17.9 Å². The first-order valence-electron chi connectivity index (χ1n) is 9.11. The molecule has 2 aromatic rings. The number of carbonyl (C=O) groups is 3. The predicted molar refractivity (Wildman–Crippen MR) is 111 cm³/mol. The maximum absolute atomic E-state index is 12.6. The van der Waals surface area contributed by atoms with Gasteiger partial charge in [0, 0.05) is 6.07 Å². The standard InChI is InChI=1S/C21H18N2O6S/c1-27-15-6-7-16-17(11-15)29-12-23(20(16)25)8-9-28-14-4-2-13(3-5-14)10-18-19(24)22-21(26)30-18/h2-7,10-11H,8-9,12H2,1H3,(H,22,24,26)/b18-10-. The van der Waals surface area contributed by atoms with Gasteiger partial charge in [-0.05, 0) is 47.7 Å². The molecule has 1 saturated heterocycles. The van der Waals surface area contributed by atoms with E-state index in [4.69, 9.17) is 14.2 Å². The monoisotopic (exact) mass is 426 g/mol. The predicted octanol–water partition coefficient (Wildman–Crippen LogP) is 2.89. The minimum absolute atomic E-state index is 0.119. The van der Waals surface area contributed by atoms with Gasteiger partial charge in [0.1, 0.15) is 23.9 Å². The number of imide groups is 1. The summed E-state index contributed by atoms with van der Waals surface area (Å²) in [4.78, 5) is 37.3. The third-order valence-electron chi connectivity index (χ3n) is 4.53. The maximum Gasteiger partial charge on any atom is 0.290 e. The highest BCUT2D eigenvalue weighted by Gasteiger charge is 2.26. The van der Waals surface area contributed by atoms with Gasteiger partial charge in [-0.15, -0.1) is 0 Å². The number of ether oxygens (including phenoxy) is 3. The second-order valence-corrected chi connectivity index (χ2v) is 7.49. The quantitative estimate of drug-likeness (QED) is 0.710. The van der Waals surface area contributed by atoms with Gasteiger partial charge in [-0.3, -0.25) is 19.7 Å². The van der Waals surface area contributed by atoms with Crippen molar-refractivity contribution in [3.8, 4) is 17.2 Å². The van der Waals surface area contributed by atoms with E-state index in [1.54, 1.807) is 60.6 Å². The van der Waals surface area contributed by atoms with Gasteiger partial charge in [0.05, 0.1) is 24.1 Å². The Morgan fingerprint density at radius 2 is 1.90 bits per heavy atom. The highest BCUT2D eigenvalue weighted by molar-refractivity contribution is 8.18. The number of hydrogen-bond donors (Lipinski definition) is 1. The molecule has 0 atom stereocenters. The molecule has 3 amide bonds. The largest absolute Gasteiger partial charge is 0.497 e. The summed E-state index contributed by atoms with van der Waals surface area (Å²) in [7, 11) is 1.56. The summed E-state index contributed by atoms with van der Waals surface area (Å²) >= 11 is 0.874. The van der Waals surface area contributed by atoms with Crippen LogP contribution in [0.1, 0.15) is 15.9 Å². The van der Waals surface area contributed by atoms with Gasteiger partial charge in [0.25, 0.3) is 17.1 Å². The molecular formula is C21H18N2O6S. The highest BCUT2D eigenvalue weighted by atomic mass is 32.2. The molecule has 2 aromatic carbocycles. The Bertz CT molecular complexity index is 1030. The first kappa shape index (κ1) is 19.8. The number of amides is 3. The third kappa shape index (κ3) is 4.25. The SMILES string of the molecule is COc1ccc2c(c1)OCN(CCOc1ccc(/C=C3\SC(=O)NC3=O)cc1)C2=O. The summed E-state index contributed by atoms with van der Waals surface area (Å²) in [6.07, 6.45) is 1.64. The first-order chi connectivity index (χ1) is 14.5. The number of nitrogens with zero attached hydrogens (tertiary/aromatic N) is 1. The third-order valence-corrected chi connectivity index (χ3v) is 5.34. The van der Waals surface area contributed by atoms with Crippen molar-refractivity contribution < 1.29 is 28.6 Å². The zero-order valence-electron chi connectivity index (χ0n) is 16.0. The summed E-state index contributed by atoms with van der Waals surface area (Å²) in [5.41, 5.74) is 1.27. The second kappa shape index (κ2) is 8.50. The molecule has 30 heavy (non-hydrogen) atoms. The molecule has 1 fully saturated rings. The van der Waals surface area contributed by atoms with Crippen LogP contribution in [0.2, 0.25) is 0 Å². The van der Waals surface area contributed by atoms with Crippen LogP contribution in [0.4, 0.5) is 4.79 Å². The first-order valence-corrected chi connectivity index (χ1v) is 9.93. The van der Waals surface area contributed by atoms with Crippen molar-refractivity contribution in [1.29, 1.82) is 0 Å². The fourth-order valence-corrected chi connectivity index (χ4v) is 3.66. The van der Waals surface area contributed by atoms with Crippen LogP contribution in [0.15, 0.2) is 47.4 Å². The fourth-order valence-electron chi connectivity index (χ4n) is 2.97. The van der Waals surface area contributed by atoms with Gasteiger partial charge in [-0.25, -0.2) is 0 Å². The average Bonchev–Trinajstić information content (AvgIpc) is 3.07. The van der Waals surface area contributed by atoms with Crippen molar-refractivity contribution in [1.82, 2.24) is 10.2 Å². The fraction of sp³-hybridized carbons (Fsp3) is 0.190. The smallest absolute Gasteiger partial charge is 0.290 e.